The van der Waals surface area contributed by atoms with Gasteiger partial charge in [0.25, 0.3) is 0 Å². The van der Waals surface area contributed by atoms with E-state index in [2.05, 4.69) is 10.3 Å². The van der Waals surface area contributed by atoms with Gasteiger partial charge in [0.1, 0.15) is 11.5 Å². The zero-order chi connectivity index (χ0) is 20.1. The number of hydrogen-bond donors (Lipinski definition) is 2. The van der Waals surface area contributed by atoms with Gasteiger partial charge in [0.05, 0.1) is 14.2 Å². The predicted octanol–water partition coefficient (Wildman–Crippen LogP) is 3.93. The molecule has 1 aromatic carbocycles. The molecule has 3 rings (SSSR count). The summed E-state index contributed by atoms with van der Waals surface area (Å²) in [5.74, 6) is 2.19. The lowest BCUT2D eigenvalue weighted by molar-refractivity contribution is -0.116. The molecule has 0 bridgehead atoms. The molecule has 2 heterocycles. The number of carbonyl (C=O) groups is 1. The van der Waals surface area contributed by atoms with Gasteiger partial charge < -0.3 is 24.3 Å². The molecule has 7 nitrogen and oxygen atoms in total. The minimum atomic E-state index is -0.116. The monoisotopic (exact) mass is 402 g/mol. The maximum atomic E-state index is 12.1. The Labute approximate surface area is 166 Å². The molecule has 8 heteroatoms. The molecule has 1 amide bonds. The number of anilines is 1. The maximum Gasteiger partial charge on any atom is 0.226 e. The Morgan fingerprint density at radius 1 is 1.25 bits per heavy atom. The SMILES string of the molecule is COc1ccc(Cc2cnc(NC(=O)CCc3ccc(C)o3)s2)c(OC)c1O. The van der Waals surface area contributed by atoms with Crippen molar-refractivity contribution in [3.63, 3.8) is 0 Å². The highest BCUT2D eigenvalue weighted by atomic mass is 32.1. The van der Waals surface area contributed by atoms with Gasteiger partial charge in [-0.15, -0.1) is 11.3 Å². The van der Waals surface area contributed by atoms with Crippen molar-refractivity contribution >= 4 is 22.4 Å². The minimum Gasteiger partial charge on any atom is -0.502 e. The van der Waals surface area contributed by atoms with E-state index in [0.717, 1.165) is 22.0 Å². The van der Waals surface area contributed by atoms with E-state index in [4.69, 9.17) is 13.9 Å². The van der Waals surface area contributed by atoms with Crippen LogP contribution in [0.15, 0.2) is 34.9 Å². The predicted molar refractivity (Wildman–Crippen MR) is 107 cm³/mol. The normalized spacial score (nSPS) is 10.7. The van der Waals surface area contributed by atoms with Crippen LogP contribution >= 0.6 is 11.3 Å². The third-order valence-corrected chi connectivity index (χ3v) is 5.07. The maximum absolute atomic E-state index is 12.1. The van der Waals surface area contributed by atoms with Gasteiger partial charge in [-0.1, -0.05) is 6.07 Å². The number of nitrogens with one attached hydrogen (secondary N) is 1. The Kier molecular flexibility index (Phi) is 6.20. The summed E-state index contributed by atoms with van der Waals surface area (Å²) in [6.45, 7) is 1.87. The van der Waals surface area contributed by atoms with E-state index in [1.807, 2.05) is 25.1 Å². The van der Waals surface area contributed by atoms with Crippen molar-refractivity contribution in [3.05, 3.63) is 52.4 Å². The highest BCUT2D eigenvalue weighted by Gasteiger charge is 2.16. The standard InChI is InChI=1S/C20H22N2O5S/c1-12-4-6-14(27-12)7-9-17(23)22-20-21-11-15(28-20)10-13-5-8-16(25-2)18(24)19(13)26-3/h4-6,8,11,24H,7,9-10H2,1-3H3,(H,21,22,23). The third kappa shape index (κ3) is 4.64. The molecular formula is C20H22N2O5S. The number of aromatic hydroxyl groups is 1. The number of amides is 1. The highest BCUT2D eigenvalue weighted by Crippen LogP contribution is 2.40. The first kappa shape index (κ1) is 19.8. The summed E-state index contributed by atoms with van der Waals surface area (Å²) in [6, 6.07) is 7.28. The summed E-state index contributed by atoms with van der Waals surface area (Å²) >= 11 is 1.38. The van der Waals surface area contributed by atoms with Crippen molar-refractivity contribution in [3.8, 4) is 17.2 Å². The van der Waals surface area contributed by atoms with Crippen LogP contribution in [0.1, 0.15) is 28.4 Å². The van der Waals surface area contributed by atoms with E-state index in [1.54, 1.807) is 12.3 Å². The van der Waals surface area contributed by atoms with Gasteiger partial charge in [0.2, 0.25) is 11.7 Å². The summed E-state index contributed by atoms with van der Waals surface area (Å²) in [4.78, 5) is 17.3. The Balaban J connectivity index is 1.61. The van der Waals surface area contributed by atoms with Crippen molar-refractivity contribution < 1.29 is 23.8 Å². The zero-order valence-electron chi connectivity index (χ0n) is 15.9. The van der Waals surface area contributed by atoms with Crippen LogP contribution < -0.4 is 14.8 Å². The fraction of sp³-hybridized carbons (Fsp3) is 0.300. The minimum absolute atomic E-state index is 0.0336. The Morgan fingerprint density at radius 3 is 2.75 bits per heavy atom. The van der Waals surface area contributed by atoms with Gasteiger partial charge >= 0.3 is 0 Å². The molecule has 3 aromatic rings. The highest BCUT2D eigenvalue weighted by molar-refractivity contribution is 7.15. The number of thiazole rings is 1. The number of phenols is 1. The average molecular weight is 402 g/mol. The second-order valence-corrected chi connectivity index (χ2v) is 7.29. The molecule has 0 saturated heterocycles. The van der Waals surface area contributed by atoms with Gasteiger partial charge in [0, 0.05) is 35.9 Å². The molecular weight excluding hydrogens is 380 g/mol. The fourth-order valence-electron chi connectivity index (χ4n) is 2.80. The lowest BCUT2D eigenvalue weighted by Crippen LogP contribution is -2.11. The summed E-state index contributed by atoms with van der Waals surface area (Å²) in [5.41, 5.74) is 0.801. The van der Waals surface area contributed by atoms with E-state index in [1.165, 1.54) is 25.6 Å². The van der Waals surface area contributed by atoms with E-state index in [9.17, 15) is 9.90 Å². The number of ether oxygens (including phenoxy) is 2. The van der Waals surface area contributed by atoms with E-state index < -0.39 is 0 Å². The molecule has 0 spiro atoms. The van der Waals surface area contributed by atoms with Gasteiger partial charge in [-0.25, -0.2) is 4.98 Å². The van der Waals surface area contributed by atoms with E-state index >= 15 is 0 Å². The van der Waals surface area contributed by atoms with Crippen LogP contribution in [0.3, 0.4) is 0 Å². The van der Waals surface area contributed by atoms with Gasteiger partial charge in [-0.3, -0.25) is 4.79 Å². The zero-order valence-corrected chi connectivity index (χ0v) is 16.8. The molecule has 0 aliphatic heterocycles. The largest absolute Gasteiger partial charge is 0.502 e. The Hall–Kier alpha value is -3.00. The summed E-state index contributed by atoms with van der Waals surface area (Å²) in [6.07, 6.45) is 3.08. The fourth-order valence-corrected chi connectivity index (χ4v) is 3.65. The molecule has 28 heavy (non-hydrogen) atoms. The first-order valence-electron chi connectivity index (χ1n) is 8.73. The number of methoxy groups -OCH3 is 2. The lowest BCUT2D eigenvalue weighted by Gasteiger charge is -2.12. The number of phenolic OH excluding ortho intramolecular Hbond substituents is 1. The van der Waals surface area contributed by atoms with Crippen LogP contribution in [0.2, 0.25) is 0 Å². The molecule has 148 valence electrons. The molecule has 0 radical (unpaired) electrons. The number of nitrogens with zero attached hydrogens (tertiary/aromatic N) is 1. The number of carbonyl (C=O) groups excluding carboxylic acids is 1. The number of hydrogen-bond acceptors (Lipinski definition) is 7. The quantitative estimate of drug-likeness (QED) is 0.593. The van der Waals surface area contributed by atoms with Crippen LogP contribution in [0.5, 0.6) is 17.2 Å². The molecule has 2 aromatic heterocycles. The summed E-state index contributed by atoms with van der Waals surface area (Å²) in [5, 5.41) is 13.5. The number of furan rings is 1. The van der Waals surface area contributed by atoms with Gasteiger partial charge in [0.15, 0.2) is 16.6 Å². The van der Waals surface area contributed by atoms with Crippen LogP contribution in [0.25, 0.3) is 0 Å². The molecule has 0 unspecified atom stereocenters. The molecule has 0 saturated carbocycles. The number of rotatable bonds is 8. The van der Waals surface area contributed by atoms with Crippen molar-refractivity contribution in [1.82, 2.24) is 4.98 Å². The van der Waals surface area contributed by atoms with Crippen LogP contribution in [0.4, 0.5) is 5.13 Å². The summed E-state index contributed by atoms with van der Waals surface area (Å²) in [7, 11) is 2.98. The van der Waals surface area contributed by atoms with Crippen LogP contribution in [0, 0.1) is 6.92 Å². The second-order valence-electron chi connectivity index (χ2n) is 6.18. The number of benzene rings is 1. The van der Waals surface area contributed by atoms with Gasteiger partial charge in [-0.05, 0) is 25.1 Å². The van der Waals surface area contributed by atoms with Crippen molar-refractivity contribution in [2.45, 2.75) is 26.2 Å². The number of aromatic nitrogens is 1. The van der Waals surface area contributed by atoms with E-state index in [0.29, 0.717) is 35.9 Å². The smallest absolute Gasteiger partial charge is 0.226 e. The van der Waals surface area contributed by atoms with Crippen molar-refractivity contribution in [1.29, 1.82) is 0 Å². The second kappa shape index (κ2) is 8.79. The summed E-state index contributed by atoms with van der Waals surface area (Å²) < 4.78 is 15.9. The third-order valence-electron chi connectivity index (χ3n) is 4.16. The van der Waals surface area contributed by atoms with Gasteiger partial charge in [-0.2, -0.15) is 0 Å². The Bertz CT molecular complexity index is 963. The first-order valence-corrected chi connectivity index (χ1v) is 9.54. The molecule has 0 aliphatic rings. The average Bonchev–Trinajstić information content (AvgIpc) is 3.29. The lowest BCUT2D eigenvalue weighted by atomic mass is 10.1. The van der Waals surface area contributed by atoms with Crippen LogP contribution in [-0.4, -0.2) is 30.2 Å². The molecule has 0 atom stereocenters. The van der Waals surface area contributed by atoms with Crippen molar-refractivity contribution in [2.75, 3.05) is 19.5 Å². The molecule has 0 fully saturated rings. The van der Waals surface area contributed by atoms with Crippen LogP contribution in [-0.2, 0) is 17.6 Å². The van der Waals surface area contributed by atoms with E-state index in [-0.39, 0.29) is 11.7 Å². The number of aryl methyl sites for hydroxylation is 2. The Morgan fingerprint density at radius 2 is 2.07 bits per heavy atom. The molecule has 2 N–H and O–H groups in total. The van der Waals surface area contributed by atoms with Crippen molar-refractivity contribution in [2.24, 2.45) is 0 Å². The first-order chi connectivity index (χ1) is 13.5. The topological polar surface area (TPSA) is 93.8 Å². The molecule has 0 aliphatic carbocycles.